The van der Waals surface area contributed by atoms with E-state index in [0.29, 0.717) is 11.5 Å². The van der Waals surface area contributed by atoms with Crippen LogP contribution >= 0.6 is 25.3 Å². The monoisotopic (exact) mass is 1140 g/mol. The van der Waals surface area contributed by atoms with Crippen molar-refractivity contribution in [2.24, 2.45) is 11.8 Å². The van der Waals surface area contributed by atoms with Crippen LogP contribution in [0.25, 0.3) is 0 Å². The molecular weight excluding hydrogens is 1020 g/mol. The molecule has 71 heavy (non-hydrogen) atoms. The van der Waals surface area contributed by atoms with Crippen LogP contribution in [0.15, 0.2) is 0 Å². The van der Waals surface area contributed by atoms with Gasteiger partial charge in [-0.1, -0.05) is 90.9 Å². The number of carbonyl (C=O) groups excluding carboxylic acids is 2. The average molecular weight is 1140 g/mol. The Morgan fingerprint density at radius 2 is 0.465 bits per heavy atom. The molecule has 0 aliphatic carbocycles. The summed E-state index contributed by atoms with van der Waals surface area (Å²) in [6.45, 7) is 9.17. The van der Waals surface area contributed by atoms with Crippen molar-refractivity contribution in [3.63, 3.8) is 0 Å². The van der Waals surface area contributed by atoms with Gasteiger partial charge >= 0.3 is 375 Å². The summed E-state index contributed by atoms with van der Waals surface area (Å²) in [7, 11) is 0. The second kappa shape index (κ2) is 58.1. The van der Waals surface area contributed by atoms with Crippen molar-refractivity contribution in [1.29, 1.82) is 0 Å². The molecule has 0 saturated heterocycles. The number of hydrogen-bond acceptors (Lipinski definition) is 6. The minimum Gasteiger partial charge on any atom is -0.0654 e. The van der Waals surface area contributed by atoms with Crippen LogP contribution < -0.4 is 0 Å². The normalized spacial score (nSPS) is 12.7. The van der Waals surface area contributed by atoms with Crippen LogP contribution in [0.4, 0.5) is 0 Å². The molecule has 7 heteroatoms. The van der Waals surface area contributed by atoms with Crippen molar-refractivity contribution in [3.8, 4) is 0 Å². The third-order valence-electron chi connectivity index (χ3n) is 15.8. The van der Waals surface area contributed by atoms with Crippen LogP contribution in [0.5, 0.6) is 0 Å². The first-order valence-electron chi connectivity index (χ1n) is 32.6. The number of unbranched alkanes of at least 4 members (excludes halogenated alkanes) is 44. The van der Waals surface area contributed by atoms with Crippen LogP contribution in [-0.4, -0.2) is 42.6 Å². The van der Waals surface area contributed by atoms with E-state index in [2.05, 4.69) is 53.0 Å². The quantitative estimate of drug-likeness (QED) is 0.0362. The van der Waals surface area contributed by atoms with E-state index in [4.69, 9.17) is 6.15 Å². The van der Waals surface area contributed by atoms with Gasteiger partial charge in [0.2, 0.25) is 0 Å². The minimum absolute atomic E-state index is 0.0609. The number of thiol groups is 2. The van der Waals surface area contributed by atoms with E-state index in [1.807, 2.05) is 0 Å². The molecule has 0 aliphatic rings. The second-order valence-corrected chi connectivity index (χ2v) is 32.9. The topological polar surface area (TPSA) is 52.6 Å². The van der Waals surface area contributed by atoms with Crippen molar-refractivity contribution in [2.45, 2.75) is 370 Å². The Bertz CT molecular complexity index is 993. The predicted molar refractivity (Wildman–Crippen MR) is 325 cm³/mol. The predicted octanol–water partition coefficient (Wildman–Crippen LogP) is 23.0. The fraction of sp³-hybridized carbons (Fsp3) is 0.969. The van der Waals surface area contributed by atoms with E-state index >= 15 is 0 Å². The van der Waals surface area contributed by atoms with E-state index in [1.165, 1.54) is 270 Å². The Balaban J connectivity index is 5.72. The molecule has 0 bridgehead atoms. The molecule has 4 nitrogen and oxygen atoms in total. The van der Waals surface area contributed by atoms with Gasteiger partial charge in [0.1, 0.15) is 0 Å². The maximum absolute atomic E-state index is 14.6. The first-order valence-corrected chi connectivity index (χ1v) is 40.2. The molecular formula is C64H128O4S2Sn. The van der Waals surface area contributed by atoms with E-state index in [0.717, 1.165) is 73.1 Å². The van der Waals surface area contributed by atoms with E-state index in [-0.39, 0.29) is 23.8 Å². The van der Waals surface area contributed by atoms with Gasteiger partial charge in [0, 0.05) is 0 Å². The molecule has 0 aliphatic heterocycles. The number of carbonyl (C=O) groups is 2. The third kappa shape index (κ3) is 48.5. The minimum atomic E-state index is -4.25. The molecule has 0 aromatic carbocycles. The molecule has 0 spiro atoms. The van der Waals surface area contributed by atoms with E-state index in [9.17, 15) is 9.59 Å². The fourth-order valence-corrected chi connectivity index (χ4v) is 21.1. The maximum atomic E-state index is 14.6. The summed E-state index contributed by atoms with van der Waals surface area (Å²) in [6.07, 6.45) is 65.9. The van der Waals surface area contributed by atoms with E-state index in [1.54, 1.807) is 0 Å². The standard InChI is InChI=1S/2C20H40O2S.2C12H25.Sn/c2*1-2-3-4-5-6-7-8-9-10-11-12-13-14-15-16-19(17-18-23)20(21)22;2*1-3-5-7-9-11-12-10-8-6-4-2;/h2*19,23H,2-18H2,1H3,(H,21,22);2*1,3-12H2,2H3;/q;;;;+2/p-2. The second-order valence-electron chi connectivity index (χ2n) is 22.8. The van der Waals surface area contributed by atoms with Gasteiger partial charge in [-0.3, -0.25) is 0 Å². The summed E-state index contributed by atoms with van der Waals surface area (Å²) in [5.74, 6) is 0.942. The van der Waals surface area contributed by atoms with Crippen molar-refractivity contribution in [3.05, 3.63) is 0 Å². The molecule has 2 atom stereocenters. The average Bonchev–Trinajstić information content (AvgIpc) is 3.36. The smallest absolute Gasteiger partial charge is 0.0654 e. The van der Waals surface area contributed by atoms with Crippen LogP contribution in [0, 0.1) is 11.8 Å². The zero-order valence-corrected chi connectivity index (χ0v) is 53.4. The van der Waals surface area contributed by atoms with Gasteiger partial charge in [0.05, 0.1) is 0 Å². The molecule has 0 aromatic rings. The Morgan fingerprint density at radius 1 is 0.282 bits per heavy atom. The first-order chi connectivity index (χ1) is 34.9. The molecule has 0 N–H and O–H groups in total. The molecule has 0 amide bonds. The molecule has 0 fully saturated rings. The molecule has 0 rings (SSSR count). The molecule has 2 unspecified atom stereocenters. The molecule has 0 radical (unpaired) electrons. The van der Waals surface area contributed by atoms with Gasteiger partial charge in [-0.25, -0.2) is 0 Å². The summed E-state index contributed by atoms with van der Waals surface area (Å²) >= 11 is 5.08. The van der Waals surface area contributed by atoms with Crippen LogP contribution in [0.1, 0.15) is 362 Å². The Hall–Kier alpha value is 0.439. The SMILES string of the molecule is CCCCCCCCCCCCCCCCC(CCS)C(=O)[O][Sn]([CH2]CCCCCCCCCCC)([CH2]CCCCCCCCCCC)[O]C(=O)C(CCS)CCCCCCCCCCCCCCCC. The van der Waals surface area contributed by atoms with Crippen LogP contribution in [0.2, 0.25) is 8.87 Å². The molecule has 0 heterocycles. The molecule has 0 saturated carbocycles. The van der Waals surface area contributed by atoms with Gasteiger partial charge < -0.3 is 0 Å². The van der Waals surface area contributed by atoms with Crippen LogP contribution in [-0.2, 0) is 15.7 Å². The Morgan fingerprint density at radius 3 is 0.662 bits per heavy atom. The summed E-state index contributed by atoms with van der Waals surface area (Å²) in [4.78, 5) is 29.1. The van der Waals surface area contributed by atoms with Crippen molar-refractivity contribution >= 4 is 56.4 Å². The zero-order chi connectivity index (χ0) is 51.8. The first kappa shape index (κ1) is 71.4. The van der Waals surface area contributed by atoms with Gasteiger partial charge in [0.15, 0.2) is 0 Å². The van der Waals surface area contributed by atoms with E-state index < -0.39 is 19.2 Å². The van der Waals surface area contributed by atoms with Crippen LogP contribution in [0.3, 0.4) is 0 Å². The zero-order valence-electron chi connectivity index (χ0n) is 48.8. The number of hydrogen-bond donors (Lipinski definition) is 2. The van der Waals surface area contributed by atoms with Crippen molar-refractivity contribution in [2.75, 3.05) is 11.5 Å². The van der Waals surface area contributed by atoms with Crippen molar-refractivity contribution < 1.29 is 15.7 Å². The fourth-order valence-electron chi connectivity index (χ4n) is 10.9. The van der Waals surface area contributed by atoms with Gasteiger partial charge in [-0.15, -0.1) is 0 Å². The summed E-state index contributed by atoms with van der Waals surface area (Å²) in [5, 5.41) is 0. The van der Waals surface area contributed by atoms with Gasteiger partial charge in [0.25, 0.3) is 0 Å². The Kier molecular flexibility index (Phi) is 58.5. The molecule has 0 aromatic heterocycles. The summed E-state index contributed by atoms with van der Waals surface area (Å²) < 4.78 is 15.6. The van der Waals surface area contributed by atoms with Gasteiger partial charge in [-0.05, 0) is 0 Å². The summed E-state index contributed by atoms with van der Waals surface area (Å²) in [6, 6.07) is 0. The Labute approximate surface area is 462 Å². The summed E-state index contributed by atoms with van der Waals surface area (Å²) in [5.41, 5.74) is 0. The van der Waals surface area contributed by atoms with Crippen molar-refractivity contribution in [1.82, 2.24) is 0 Å². The van der Waals surface area contributed by atoms with Gasteiger partial charge in [-0.2, -0.15) is 0 Å². The number of rotatable bonds is 60. The molecule has 424 valence electrons. The third-order valence-corrected chi connectivity index (χ3v) is 26.0.